The number of fused-ring (bicyclic) bond motifs is 1. The van der Waals surface area contributed by atoms with Crippen LogP contribution in [0.4, 0.5) is 5.69 Å². The minimum absolute atomic E-state index is 0.153. The molecule has 1 amide bonds. The Morgan fingerprint density at radius 2 is 2.27 bits per heavy atom. The van der Waals surface area contributed by atoms with E-state index >= 15 is 0 Å². The number of aryl methyl sites for hydroxylation is 1. The average molecular weight is 358 g/mol. The van der Waals surface area contributed by atoms with Gasteiger partial charge in [0.1, 0.15) is 0 Å². The van der Waals surface area contributed by atoms with E-state index in [0.29, 0.717) is 23.3 Å². The van der Waals surface area contributed by atoms with E-state index in [1.807, 2.05) is 12.1 Å². The highest BCUT2D eigenvalue weighted by molar-refractivity contribution is 5.76. The van der Waals surface area contributed by atoms with Gasteiger partial charge in [0, 0.05) is 6.54 Å². The number of rotatable bonds is 9. The Hall–Kier alpha value is -2.41. The number of amides is 1. The van der Waals surface area contributed by atoms with Gasteiger partial charge in [0.05, 0.1) is 23.7 Å². The lowest BCUT2D eigenvalue weighted by atomic mass is 9.99. The predicted octanol–water partition coefficient (Wildman–Crippen LogP) is 3.61. The number of nitrogens with zero attached hydrogens (tertiary/aromatic N) is 3. The molecule has 7 nitrogen and oxygen atoms in total. The van der Waals surface area contributed by atoms with Crippen molar-refractivity contribution in [2.24, 2.45) is 0 Å². The van der Waals surface area contributed by atoms with Crippen LogP contribution >= 0.6 is 0 Å². The summed E-state index contributed by atoms with van der Waals surface area (Å²) >= 11 is 0. The van der Waals surface area contributed by atoms with Crippen molar-refractivity contribution in [3.63, 3.8) is 0 Å². The first-order valence-electron chi connectivity index (χ1n) is 9.33. The molecule has 1 aromatic carbocycles. The van der Waals surface area contributed by atoms with E-state index in [1.165, 1.54) is 5.56 Å². The highest BCUT2D eigenvalue weighted by atomic mass is 16.5. The van der Waals surface area contributed by atoms with E-state index in [0.717, 1.165) is 56.3 Å². The number of hydroxylamine groups is 2. The molecule has 2 heterocycles. The normalized spacial score (nSPS) is 14.4. The molecule has 0 bridgehead atoms. The summed E-state index contributed by atoms with van der Waals surface area (Å²) in [6.45, 7) is 3.22. The fraction of sp³-hybridized carbons (Fsp3) is 0.526. The van der Waals surface area contributed by atoms with Crippen LogP contribution in [0.2, 0.25) is 0 Å². The van der Waals surface area contributed by atoms with Crippen molar-refractivity contribution in [3.8, 4) is 11.5 Å². The number of unbranched alkanes of at least 4 members (excludes halogenated alkanes) is 2. The number of anilines is 1. The first-order valence-corrected chi connectivity index (χ1v) is 9.33. The van der Waals surface area contributed by atoms with Gasteiger partial charge < -0.3 is 9.73 Å². The third-order valence-electron chi connectivity index (χ3n) is 4.78. The van der Waals surface area contributed by atoms with Crippen molar-refractivity contribution in [2.75, 3.05) is 18.4 Å². The van der Waals surface area contributed by atoms with E-state index in [-0.39, 0.29) is 12.5 Å². The van der Waals surface area contributed by atoms with Gasteiger partial charge in [-0.1, -0.05) is 38.3 Å². The van der Waals surface area contributed by atoms with Gasteiger partial charge in [-0.3, -0.25) is 10.0 Å². The summed E-state index contributed by atoms with van der Waals surface area (Å²) in [5.74, 6) is 0.762. The zero-order valence-electron chi connectivity index (χ0n) is 15.1. The average Bonchev–Trinajstić information content (AvgIpc) is 3.16. The maximum Gasteiger partial charge on any atom is 0.249 e. The summed E-state index contributed by atoms with van der Waals surface area (Å²) in [5, 5.41) is 22.1. The second kappa shape index (κ2) is 8.80. The Bertz CT molecular complexity index is 731. The highest BCUT2D eigenvalue weighted by Crippen LogP contribution is 2.34. The van der Waals surface area contributed by atoms with Crippen LogP contribution in [0.1, 0.15) is 56.4 Å². The Morgan fingerprint density at radius 1 is 1.38 bits per heavy atom. The molecule has 1 aliphatic heterocycles. The number of carbonyl (C=O) groups excluding carboxylic acids is 1. The van der Waals surface area contributed by atoms with Crippen LogP contribution in [0.15, 0.2) is 22.6 Å². The molecule has 0 saturated heterocycles. The lowest BCUT2D eigenvalue weighted by Gasteiger charge is -2.19. The van der Waals surface area contributed by atoms with Crippen LogP contribution in [0.3, 0.4) is 0 Å². The number of nitrogens with one attached hydrogen (secondary N) is 1. The second-order valence-electron chi connectivity index (χ2n) is 6.74. The van der Waals surface area contributed by atoms with Crippen molar-refractivity contribution in [3.05, 3.63) is 29.7 Å². The molecule has 0 saturated carbocycles. The number of carbonyl (C=O) groups is 1. The molecule has 1 aromatic heterocycles. The van der Waals surface area contributed by atoms with E-state index in [9.17, 15) is 10.0 Å². The molecule has 0 radical (unpaired) electrons. The molecule has 0 spiro atoms. The summed E-state index contributed by atoms with van der Waals surface area (Å²) in [6, 6.07) is 6.10. The molecule has 140 valence electrons. The number of benzene rings is 1. The fourth-order valence-corrected chi connectivity index (χ4v) is 3.40. The van der Waals surface area contributed by atoms with Gasteiger partial charge in [-0.2, -0.15) is 0 Å². The van der Waals surface area contributed by atoms with Crippen molar-refractivity contribution < 1.29 is 14.4 Å². The smallest absolute Gasteiger partial charge is 0.249 e. The maximum atomic E-state index is 10.8. The molecule has 0 fully saturated rings. The first kappa shape index (κ1) is 18.4. The van der Waals surface area contributed by atoms with Gasteiger partial charge in [-0.15, -0.1) is 10.2 Å². The van der Waals surface area contributed by atoms with Crippen molar-refractivity contribution in [1.82, 2.24) is 15.3 Å². The van der Waals surface area contributed by atoms with Crippen LogP contribution in [0.5, 0.6) is 0 Å². The molecular weight excluding hydrogens is 332 g/mol. The lowest BCUT2D eigenvalue weighted by Crippen LogP contribution is -2.24. The van der Waals surface area contributed by atoms with Gasteiger partial charge in [0.25, 0.3) is 0 Å². The van der Waals surface area contributed by atoms with E-state index in [2.05, 4.69) is 28.5 Å². The van der Waals surface area contributed by atoms with Crippen LogP contribution in [-0.2, 0) is 11.2 Å². The van der Waals surface area contributed by atoms with Gasteiger partial charge >= 0.3 is 0 Å². The third kappa shape index (κ3) is 4.22. The van der Waals surface area contributed by atoms with Crippen molar-refractivity contribution in [1.29, 1.82) is 0 Å². The molecular formula is C19H26N4O3. The minimum atomic E-state index is -0.175. The zero-order valence-corrected chi connectivity index (χ0v) is 15.1. The number of aromatic nitrogens is 2. The Kier molecular flexibility index (Phi) is 6.22. The molecule has 2 N–H and O–H groups in total. The summed E-state index contributed by atoms with van der Waals surface area (Å²) < 4.78 is 5.96. The van der Waals surface area contributed by atoms with Crippen LogP contribution in [0.25, 0.3) is 11.5 Å². The molecule has 7 heteroatoms. The number of hydrogen-bond donors (Lipinski definition) is 2. The van der Waals surface area contributed by atoms with Gasteiger partial charge in [0.15, 0.2) is 0 Å². The quantitative estimate of drug-likeness (QED) is 0.308. The molecule has 1 atom stereocenters. The molecule has 0 aliphatic carbocycles. The maximum absolute atomic E-state index is 10.8. The summed E-state index contributed by atoms with van der Waals surface area (Å²) in [5.41, 5.74) is 3.23. The fourth-order valence-electron chi connectivity index (χ4n) is 3.40. The monoisotopic (exact) mass is 358 g/mol. The Morgan fingerprint density at radius 3 is 3.08 bits per heavy atom. The summed E-state index contributed by atoms with van der Waals surface area (Å²) in [6.07, 6.45) is 6.50. The van der Waals surface area contributed by atoms with Crippen molar-refractivity contribution in [2.45, 2.75) is 51.4 Å². The molecule has 1 unspecified atom stereocenters. The standard InChI is InChI=1S/C19H26N4O3/c1-2-3-4-7-15(12-23(25)13-24)18-21-22-19(26-18)16-10-5-8-14-9-6-11-20-17(14)16/h5,8,10,13,15,20,25H,2-4,6-7,9,11-12H2,1H3. The second-order valence-corrected chi connectivity index (χ2v) is 6.74. The molecule has 26 heavy (non-hydrogen) atoms. The Balaban J connectivity index is 1.83. The SMILES string of the molecule is CCCCCC(CN(O)C=O)c1nnc(-c2cccc3c2NCCC3)o1. The molecule has 2 aromatic rings. The Labute approximate surface area is 153 Å². The third-order valence-corrected chi connectivity index (χ3v) is 4.78. The number of hydrogen-bond acceptors (Lipinski definition) is 6. The molecule has 1 aliphatic rings. The van der Waals surface area contributed by atoms with Crippen LogP contribution in [-0.4, -0.2) is 40.0 Å². The number of para-hydroxylation sites is 1. The predicted molar refractivity (Wildman–Crippen MR) is 98.0 cm³/mol. The van der Waals surface area contributed by atoms with Gasteiger partial charge in [-0.05, 0) is 30.9 Å². The van der Waals surface area contributed by atoms with Gasteiger partial charge in [-0.25, -0.2) is 5.06 Å². The van der Waals surface area contributed by atoms with Gasteiger partial charge in [0.2, 0.25) is 18.2 Å². The van der Waals surface area contributed by atoms with E-state index in [4.69, 9.17) is 4.42 Å². The first-order chi connectivity index (χ1) is 12.7. The van der Waals surface area contributed by atoms with Crippen molar-refractivity contribution >= 4 is 12.1 Å². The highest BCUT2D eigenvalue weighted by Gasteiger charge is 2.23. The largest absolute Gasteiger partial charge is 0.420 e. The van der Waals surface area contributed by atoms with E-state index < -0.39 is 0 Å². The minimum Gasteiger partial charge on any atom is -0.420 e. The van der Waals surface area contributed by atoms with Crippen LogP contribution < -0.4 is 5.32 Å². The lowest BCUT2D eigenvalue weighted by molar-refractivity contribution is -0.151. The summed E-state index contributed by atoms with van der Waals surface area (Å²) in [4.78, 5) is 10.8. The topological polar surface area (TPSA) is 91.5 Å². The van der Waals surface area contributed by atoms with E-state index in [1.54, 1.807) is 0 Å². The molecule has 3 rings (SSSR count). The summed E-state index contributed by atoms with van der Waals surface area (Å²) in [7, 11) is 0. The van der Waals surface area contributed by atoms with Crippen LogP contribution in [0, 0.1) is 0 Å². The zero-order chi connectivity index (χ0) is 18.4.